The number of rotatable bonds is 5. The van der Waals surface area contributed by atoms with Gasteiger partial charge in [-0.15, -0.1) is 6.58 Å². The van der Waals surface area contributed by atoms with Crippen LogP contribution in [-0.4, -0.2) is 18.4 Å². The number of amides is 2. The van der Waals surface area contributed by atoms with Gasteiger partial charge >= 0.3 is 0 Å². The average Bonchev–Trinajstić information content (AvgIpc) is 2.54. The molecule has 4 nitrogen and oxygen atoms in total. The minimum Gasteiger partial charge on any atom is -0.352 e. The number of carbonyl (C=O) groups excluding carboxylic acids is 2. The Labute approximate surface area is 135 Å². The lowest BCUT2D eigenvalue weighted by molar-refractivity contribution is -0.132. The molecule has 22 heavy (non-hydrogen) atoms. The Bertz CT molecular complexity index is 581. The normalized spacial score (nSPS) is 20.2. The van der Waals surface area contributed by atoms with Gasteiger partial charge < -0.3 is 10.6 Å². The summed E-state index contributed by atoms with van der Waals surface area (Å²) in [6.07, 6.45) is 6.65. The van der Waals surface area contributed by atoms with Crippen LogP contribution in [0, 0.1) is 11.8 Å². The minimum atomic E-state index is -0.370. The second-order valence-electron chi connectivity index (χ2n) is 5.19. The fourth-order valence-electron chi connectivity index (χ4n) is 2.47. The van der Waals surface area contributed by atoms with Gasteiger partial charge in [-0.3, -0.25) is 9.59 Å². The molecule has 2 amide bonds. The van der Waals surface area contributed by atoms with Crippen molar-refractivity contribution in [3.8, 4) is 0 Å². The van der Waals surface area contributed by atoms with Crippen LogP contribution in [0.25, 0.3) is 0 Å². The summed E-state index contributed by atoms with van der Waals surface area (Å²) in [5.41, 5.74) is 0.675. The topological polar surface area (TPSA) is 58.2 Å². The number of hydrogen-bond donors (Lipinski definition) is 2. The van der Waals surface area contributed by atoms with Gasteiger partial charge in [0.05, 0.1) is 11.8 Å². The second kappa shape index (κ2) is 7.80. The van der Waals surface area contributed by atoms with E-state index in [1.54, 1.807) is 30.3 Å². The Morgan fingerprint density at radius 3 is 2.32 bits per heavy atom. The van der Waals surface area contributed by atoms with E-state index in [1.165, 1.54) is 0 Å². The Hall–Kier alpha value is -2.07. The molecule has 2 atom stereocenters. The monoisotopic (exact) mass is 318 g/mol. The lowest BCUT2D eigenvalue weighted by atomic mass is 9.81. The molecule has 0 saturated carbocycles. The van der Waals surface area contributed by atoms with Crippen LogP contribution in [0.3, 0.4) is 0 Å². The predicted octanol–water partition coefficient (Wildman–Crippen LogP) is 3.16. The lowest BCUT2D eigenvalue weighted by Crippen LogP contribution is -2.40. The molecule has 0 fully saturated rings. The molecule has 0 saturated heterocycles. The third-order valence-electron chi connectivity index (χ3n) is 3.64. The van der Waals surface area contributed by atoms with Crippen LogP contribution in [-0.2, 0) is 9.59 Å². The molecule has 0 unspecified atom stereocenters. The first-order valence-corrected chi connectivity index (χ1v) is 7.59. The summed E-state index contributed by atoms with van der Waals surface area (Å²) >= 11 is 5.83. The van der Waals surface area contributed by atoms with Crippen molar-refractivity contribution in [3.05, 3.63) is 54.1 Å². The Balaban J connectivity index is 2.05. The summed E-state index contributed by atoms with van der Waals surface area (Å²) in [6.45, 7) is 3.98. The van der Waals surface area contributed by atoms with Gasteiger partial charge in [-0.25, -0.2) is 0 Å². The van der Waals surface area contributed by atoms with Gasteiger partial charge in [-0.1, -0.05) is 29.8 Å². The Morgan fingerprint density at radius 1 is 1.14 bits per heavy atom. The van der Waals surface area contributed by atoms with E-state index >= 15 is 0 Å². The highest BCUT2D eigenvalue weighted by Gasteiger charge is 2.33. The molecule has 0 aromatic heterocycles. The zero-order chi connectivity index (χ0) is 15.9. The molecule has 1 aromatic rings. The van der Waals surface area contributed by atoms with Crippen molar-refractivity contribution in [2.75, 3.05) is 11.9 Å². The van der Waals surface area contributed by atoms with Crippen LogP contribution in [0.2, 0.25) is 5.02 Å². The van der Waals surface area contributed by atoms with E-state index in [-0.39, 0.29) is 23.7 Å². The third-order valence-corrected chi connectivity index (χ3v) is 3.89. The van der Waals surface area contributed by atoms with Crippen molar-refractivity contribution in [1.82, 2.24) is 5.32 Å². The van der Waals surface area contributed by atoms with Crippen LogP contribution in [0.1, 0.15) is 12.8 Å². The van der Waals surface area contributed by atoms with Crippen molar-refractivity contribution in [1.29, 1.82) is 0 Å². The van der Waals surface area contributed by atoms with Gasteiger partial charge in [0.15, 0.2) is 0 Å². The number of benzene rings is 1. The smallest absolute Gasteiger partial charge is 0.228 e. The van der Waals surface area contributed by atoms with Crippen LogP contribution in [0.5, 0.6) is 0 Å². The highest BCUT2D eigenvalue weighted by atomic mass is 35.5. The highest BCUT2D eigenvalue weighted by molar-refractivity contribution is 6.30. The van der Waals surface area contributed by atoms with Gasteiger partial charge in [-0.2, -0.15) is 0 Å². The average molecular weight is 319 g/mol. The quantitative estimate of drug-likeness (QED) is 0.819. The fraction of sp³-hybridized carbons (Fsp3) is 0.294. The third kappa shape index (κ3) is 4.21. The molecule has 5 heteroatoms. The molecule has 0 heterocycles. The number of hydrogen-bond acceptors (Lipinski definition) is 2. The molecule has 116 valence electrons. The molecule has 1 aliphatic carbocycles. The summed E-state index contributed by atoms with van der Waals surface area (Å²) in [7, 11) is 0. The summed E-state index contributed by atoms with van der Waals surface area (Å²) in [5, 5.41) is 6.23. The Kier molecular flexibility index (Phi) is 5.78. The predicted molar refractivity (Wildman–Crippen MR) is 88.6 cm³/mol. The molecule has 0 radical (unpaired) electrons. The van der Waals surface area contributed by atoms with Crippen LogP contribution < -0.4 is 10.6 Å². The first-order valence-electron chi connectivity index (χ1n) is 7.22. The van der Waals surface area contributed by atoms with Gasteiger partial charge in [0.1, 0.15) is 0 Å². The number of anilines is 1. The van der Waals surface area contributed by atoms with Crippen LogP contribution in [0.15, 0.2) is 49.1 Å². The number of nitrogens with one attached hydrogen (secondary N) is 2. The first kappa shape index (κ1) is 16.3. The van der Waals surface area contributed by atoms with E-state index in [0.717, 1.165) is 0 Å². The molecule has 1 aliphatic rings. The first-order chi connectivity index (χ1) is 10.6. The lowest BCUT2D eigenvalue weighted by Gasteiger charge is -2.26. The summed E-state index contributed by atoms with van der Waals surface area (Å²) in [4.78, 5) is 24.6. The largest absolute Gasteiger partial charge is 0.352 e. The van der Waals surface area contributed by atoms with E-state index in [1.807, 2.05) is 12.2 Å². The van der Waals surface area contributed by atoms with Crippen molar-refractivity contribution >= 4 is 29.1 Å². The minimum absolute atomic E-state index is 0.111. The molecule has 0 spiro atoms. The molecule has 2 rings (SSSR count). The van der Waals surface area contributed by atoms with E-state index < -0.39 is 0 Å². The van der Waals surface area contributed by atoms with E-state index in [2.05, 4.69) is 17.2 Å². The summed E-state index contributed by atoms with van der Waals surface area (Å²) in [5.74, 6) is -0.978. The van der Waals surface area contributed by atoms with Gasteiger partial charge in [0.25, 0.3) is 0 Å². The van der Waals surface area contributed by atoms with Crippen LogP contribution in [0.4, 0.5) is 5.69 Å². The number of halogens is 1. The summed E-state index contributed by atoms with van der Waals surface area (Å²) in [6, 6.07) is 6.91. The highest BCUT2D eigenvalue weighted by Crippen LogP contribution is 2.27. The van der Waals surface area contributed by atoms with Crippen molar-refractivity contribution in [2.24, 2.45) is 11.8 Å². The number of carbonyl (C=O) groups is 2. The molecular formula is C17H19ClN2O2. The molecule has 0 aliphatic heterocycles. The van der Waals surface area contributed by atoms with Crippen molar-refractivity contribution < 1.29 is 9.59 Å². The SMILES string of the molecule is C=CCNC(=O)[C@H]1CC=CC[C@@H]1C(=O)Nc1ccc(Cl)cc1. The van der Waals surface area contributed by atoms with E-state index in [9.17, 15) is 9.59 Å². The number of allylic oxidation sites excluding steroid dienone is 2. The van der Waals surface area contributed by atoms with Crippen molar-refractivity contribution in [2.45, 2.75) is 12.8 Å². The van der Waals surface area contributed by atoms with Crippen molar-refractivity contribution in [3.63, 3.8) is 0 Å². The van der Waals surface area contributed by atoms with Gasteiger partial charge in [0.2, 0.25) is 11.8 Å². The maximum Gasteiger partial charge on any atom is 0.228 e. The van der Waals surface area contributed by atoms with Gasteiger partial charge in [-0.05, 0) is 37.1 Å². The molecular weight excluding hydrogens is 300 g/mol. The van der Waals surface area contributed by atoms with Crippen LogP contribution >= 0.6 is 11.6 Å². The van der Waals surface area contributed by atoms with E-state index in [0.29, 0.717) is 30.1 Å². The Morgan fingerprint density at radius 2 is 1.73 bits per heavy atom. The molecule has 2 N–H and O–H groups in total. The maximum atomic E-state index is 12.5. The standard InChI is InChI=1S/C17H19ClN2O2/c1-2-11-19-16(21)14-5-3-4-6-15(14)17(22)20-13-9-7-12(18)8-10-13/h2-4,7-10,14-15H,1,5-6,11H2,(H,19,21)(H,20,22)/t14-,15-/m0/s1. The molecule has 1 aromatic carbocycles. The zero-order valence-corrected chi connectivity index (χ0v) is 13.0. The zero-order valence-electron chi connectivity index (χ0n) is 12.2. The van der Waals surface area contributed by atoms with Gasteiger partial charge in [0, 0.05) is 17.3 Å². The summed E-state index contributed by atoms with van der Waals surface area (Å²) < 4.78 is 0. The molecule has 0 bridgehead atoms. The maximum absolute atomic E-state index is 12.5. The van der Waals surface area contributed by atoms with E-state index in [4.69, 9.17) is 11.6 Å². The fourth-order valence-corrected chi connectivity index (χ4v) is 2.59. The second-order valence-corrected chi connectivity index (χ2v) is 5.62.